The number of rotatable bonds is 3. The Morgan fingerprint density at radius 1 is 1.57 bits per heavy atom. The van der Waals surface area contributed by atoms with Gasteiger partial charge in [-0.2, -0.15) is 0 Å². The Balaban J connectivity index is 2.42. The zero-order valence-electron chi connectivity index (χ0n) is 10.8. The number of hydrogen-bond acceptors (Lipinski definition) is 5. The highest BCUT2D eigenvalue weighted by Gasteiger charge is 2.38. The molecule has 1 atom stereocenters. The lowest BCUT2D eigenvalue weighted by Gasteiger charge is -2.16. The Kier molecular flexibility index (Phi) is 4.21. The molecular weight excluding hydrogens is 351 g/mol. The Bertz CT molecular complexity index is 636. The van der Waals surface area contributed by atoms with E-state index in [0.717, 1.165) is 17.0 Å². The number of carbonyl (C=O) groups excluding carboxylic acids is 2. The van der Waals surface area contributed by atoms with Crippen molar-refractivity contribution in [1.29, 1.82) is 0 Å². The normalized spacial score (nSPS) is 18.0. The van der Waals surface area contributed by atoms with Crippen molar-refractivity contribution in [2.24, 2.45) is 5.92 Å². The van der Waals surface area contributed by atoms with E-state index in [-0.39, 0.29) is 23.1 Å². The molecule has 1 aliphatic heterocycles. The zero-order valence-corrected chi connectivity index (χ0v) is 12.4. The minimum Gasteiger partial charge on any atom is -0.469 e. The molecule has 112 valence electrons. The fourth-order valence-electron chi connectivity index (χ4n) is 2.15. The topological polar surface area (TPSA) is 89.8 Å². The van der Waals surface area contributed by atoms with Crippen LogP contribution in [0.3, 0.4) is 0 Å². The Labute approximate surface area is 126 Å². The van der Waals surface area contributed by atoms with E-state index < -0.39 is 34.2 Å². The lowest BCUT2D eigenvalue weighted by atomic mass is 10.1. The summed E-state index contributed by atoms with van der Waals surface area (Å²) < 4.78 is 18.1. The number of halogens is 2. The van der Waals surface area contributed by atoms with Gasteiger partial charge in [0.2, 0.25) is 5.91 Å². The van der Waals surface area contributed by atoms with Crippen molar-refractivity contribution in [2.45, 2.75) is 6.42 Å². The number of amides is 1. The molecule has 9 heteroatoms. The van der Waals surface area contributed by atoms with Gasteiger partial charge in [-0.05, 0) is 15.9 Å². The third-order valence-corrected chi connectivity index (χ3v) is 3.77. The van der Waals surface area contributed by atoms with Crippen LogP contribution in [-0.2, 0) is 14.3 Å². The van der Waals surface area contributed by atoms with Crippen molar-refractivity contribution >= 4 is 39.2 Å². The van der Waals surface area contributed by atoms with Gasteiger partial charge in [-0.15, -0.1) is 0 Å². The van der Waals surface area contributed by atoms with Gasteiger partial charge in [0, 0.05) is 25.1 Å². The zero-order chi connectivity index (χ0) is 15.7. The van der Waals surface area contributed by atoms with E-state index in [4.69, 9.17) is 0 Å². The summed E-state index contributed by atoms with van der Waals surface area (Å²) in [4.78, 5) is 34.8. The van der Waals surface area contributed by atoms with Gasteiger partial charge in [0.1, 0.15) is 11.5 Å². The molecular formula is C12H10BrFN2O5. The minimum atomic E-state index is -0.732. The highest BCUT2D eigenvalue weighted by molar-refractivity contribution is 9.10. The van der Waals surface area contributed by atoms with Crippen LogP contribution < -0.4 is 4.90 Å². The van der Waals surface area contributed by atoms with Gasteiger partial charge in [-0.25, -0.2) is 4.39 Å². The van der Waals surface area contributed by atoms with Crippen molar-refractivity contribution in [3.8, 4) is 0 Å². The molecule has 7 nitrogen and oxygen atoms in total. The van der Waals surface area contributed by atoms with Crippen molar-refractivity contribution < 1.29 is 23.6 Å². The average molecular weight is 361 g/mol. The standard InChI is InChI=1S/C12H10BrFN2O5/c1-21-12(18)6-2-11(17)15(5-6)9-4-8(14)7(13)3-10(9)16(19)20/h3-4,6H,2,5H2,1H3. The van der Waals surface area contributed by atoms with E-state index in [2.05, 4.69) is 20.7 Å². The van der Waals surface area contributed by atoms with Crippen LogP contribution in [0.5, 0.6) is 0 Å². The summed E-state index contributed by atoms with van der Waals surface area (Å²) in [5.74, 6) is -2.51. The quantitative estimate of drug-likeness (QED) is 0.467. The van der Waals surface area contributed by atoms with Gasteiger partial charge >= 0.3 is 5.97 Å². The number of nitro groups is 1. The van der Waals surface area contributed by atoms with E-state index in [1.165, 1.54) is 7.11 Å². The third kappa shape index (κ3) is 2.87. The molecule has 21 heavy (non-hydrogen) atoms. The van der Waals surface area contributed by atoms with Crippen LogP contribution in [0.1, 0.15) is 6.42 Å². The number of ether oxygens (including phenoxy) is 1. The number of hydrogen-bond donors (Lipinski definition) is 0. The van der Waals surface area contributed by atoms with Gasteiger partial charge in [0.25, 0.3) is 5.69 Å². The fraction of sp³-hybridized carbons (Fsp3) is 0.333. The van der Waals surface area contributed by atoms with Crippen LogP contribution in [0.2, 0.25) is 0 Å². The average Bonchev–Trinajstić information content (AvgIpc) is 2.82. The summed E-state index contributed by atoms with van der Waals surface area (Å²) in [5, 5.41) is 11.1. The van der Waals surface area contributed by atoms with E-state index in [0.29, 0.717) is 0 Å². The number of benzene rings is 1. The summed E-state index contributed by atoms with van der Waals surface area (Å²) in [6, 6.07) is 1.89. The molecule has 1 aliphatic rings. The van der Waals surface area contributed by atoms with E-state index >= 15 is 0 Å². The molecule has 0 spiro atoms. The molecule has 0 radical (unpaired) electrons. The second-order valence-corrected chi connectivity index (χ2v) is 5.30. The second-order valence-electron chi connectivity index (χ2n) is 4.44. The van der Waals surface area contributed by atoms with Crippen LogP contribution in [0.15, 0.2) is 16.6 Å². The molecule has 2 rings (SSSR count). The van der Waals surface area contributed by atoms with Crippen LogP contribution in [-0.4, -0.2) is 30.5 Å². The number of methoxy groups -OCH3 is 1. The smallest absolute Gasteiger partial charge is 0.311 e. The van der Waals surface area contributed by atoms with Gasteiger partial charge in [-0.3, -0.25) is 19.7 Å². The predicted octanol–water partition coefficient (Wildman–Crippen LogP) is 2.02. The predicted molar refractivity (Wildman–Crippen MR) is 73.2 cm³/mol. The molecule has 1 saturated heterocycles. The molecule has 1 aromatic rings. The molecule has 0 bridgehead atoms. The van der Waals surface area contributed by atoms with Crippen LogP contribution in [0.25, 0.3) is 0 Å². The molecule has 1 fully saturated rings. The number of anilines is 1. The summed E-state index contributed by atoms with van der Waals surface area (Å²) in [5.41, 5.74) is -0.584. The first-order valence-corrected chi connectivity index (χ1v) is 6.66. The Morgan fingerprint density at radius 3 is 2.81 bits per heavy atom. The maximum absolute atomic E-state index is 13.6. The number of nitro benzene ring substituents is 1. The lowest BCUT2D eigenvalue weighted by Crippen LogP contribution is -2.27. The molecule has 0 N–H and O–H groups in total. The first-order valence-electron chi connectivity index (χ1n) is 5.86. The molecule has 1 aromatic carbocycles. The summed E-state index contributed by atoms with van der Waals surface area (Å²) >= 11 is 2.86. The van der Waals surface area contributed by atoms with Crippen molar-refractivity contribution in [2.75, 3.05) is 18.6 Å². The maximum atomic E-state index is 13.6. The molecule has 0 saturated carbocycles. The third-order valence-electron chi connectivity index (χ3n) is 3.16. The number of carbonyl (C=O) groups is 2. The van der Waals surface area contributed by atoms with Gasteiger partial charge in [0.05, 0.1) is 22.4 Å². The van der Waals surface area contributed by atoms with Gasteiger partial charge in [-0.1, -0.05) is 0 Å². The number of nitrogens with zero attached hydrogens (tertiary/aromatic N) is 2. The van der Waals surface area contributed by atoms with Gasteiger partial charge in [0.15, 0.2) is 0 Å². The second kappa shape index (κ2) is 5.76. The summed E-state index contributed by atoms with van der Waals surface area (Å²) in [7, 11) is 1.19. The van der Waals surface area contributed by atoms with Crippen LogP contribution in [0, 0.1) is 21.8 Å². The molecule has 0 aliphatic carbocycles. The van der Waals surface area contributed by atoms with Crippen molar-refractivity contribution in [3.05, 3.63) is 32.5 Å². The largest absolute Gasteiger partial charge is 0.469 e. The number of esters is 1. The highest BCUT2D eigenvalue weighted by Crippen LogP contribution is 2.36. The molecule has 1 amide bonds. The van der Waals surface area contributed by atoms with Crippen LogP contribution >= 0.6 is 15.9 Å². The summed E-state index contributed by atoms with van der Waals surface area (Å²) in [6.07, 6.45) is -0.124. The van der Waals surface area contributed by atoms with E-state index in [9.17, 15) is 24.1 Å². The molecule has 1 heterocycles. The molecule has 0 aromatic heterocycles. The van der Waals surface area contributed by atoms with Crippen LogP contribution in [0.4, 0.5) is 15.8 Å². The summed E-state index contributed by atoms with van der Waals surface area (Å²) in [6.45, 7) is -0.0760. The first kappa shape index (κ1) is 15.4. The monoisotopic (exact) mass is 360 g/mol. The first-order chi connectivity index (χ1) is 9.85. The lowest BCUT2D eigenvalue weighted by molar-refractivity contribution is -0.384. The van der Waals surface area contributed by atoms with E-state index in [1.807, 2.05) is 0 Å². The fourth-order valence-corrected chi connectivity index (χ4v) is 2.48. The maximum Gasteiger partial charge on any atom is 0.311 e. The minimum absolute atomic E-state index is 0.0749. The van der Waals surface area contributed by atoms with Crippen molar-refractivity contribution in [3.63, 3.8) is 0 Å². The Morgan fingerprint density at radius 2 is 2.24 bits per heavy atom. The van der Waals surface area contributed by atoms with Gasteiger partial charge < -0.3 is 9.64 Å². The highest BCUT2D eigenvalue weighted by atomic mass is 79.9. The van der Waals surface area contributed by atoms with E-state index in [1.54, 1.807) is 0 Å². The van der Waals surface area contributed by atoms with Crippen molar-refractivity contribution in [1.82, 2.24) is 0 Å². The Hall–Kier alpha value is -2.03. The SMILES string of the molecule is COC(=O)C1CC(=O)N(c2cc(F)c(Br)cc2[N+](=O)[O-])C1. The molecule has 1 unspecified atom stereocenters.